The molecule has 106 valence electrons. The Morgan fingerprint density at radius 2 is 2.00 bits per heavy atom. The molecule has 2 aromatic rings. The van der Waals surface area contributed by atoms with Crippen LogP contribution < -0.4 is 14.8 Å². The van der Waals surface area contributed by atoms with Crippen LogP contribution in [0, 0.1) is 0 Å². The molecule has 0 saturated heterocycles. The first kappa shape index (κ1) is 12.2. The molecule has 5 heteroatoms. The van der Waals surface area contributed by atoms with Gasteiger partial charge in [-0.25, -0.2) is 0 Å². The summed E-state index contributed by atoms with van der Waals surface area (Å²) < 4.78 is 11.2. The van der Waals surface area contributed by atoms with Gasteiger partial charge in [0.1, 0.15) is 13.2 Å². The number of anilines is 1. The summed E-state index contributed by atoms with van der Waals surface area (Å²) >= 11 is 0. The molecule has 0 unspecified atom stereocenters. The van der Waals surface area contributed by atoms with Gasteiger partial charge in [0.25, 0.3) is 0 Å². The van der Waals surface area contributed by atoms with Crippen molar-refractivity contribution in [3.63, 3.8) is 0 Å². The van der Waals surface area contributed by atoms with Crippen molar-refractivity contribution in [2.24, 2.45) is 0 Å². The molecular formula is C16H14N2O3. The van der Waals surface area contributed by atoms with Crippen LogP contribution in [-0.2, 0) is 4.79 Å². The van der Waals surface area contributed by atoms with E-state index in [1.165, 1.54) is 0 Å². The molecule has 2 aliphatic rings. The van der Waals surface area contributed by atoms with E-state index < -0.39 is 0 Å². The number of hydrogen-bond acceptors (Lipinski definition) is 4. The van der Waals surface area contributed by atoms with Crippen molar-refractivity contribution >= 4 is 11.6 Å². The maximum atomic E-state index is 12.0. The summed E-state index contributed by atoms with van der Waals surface area (Å²) in [5.74, 6) is 1.43. The highest BCUT2D eigenvalue weighted by molar-refractivity contribution is 5.96. The minimum atomic E-state index is -0.00160. The van der Waals surface area contributed by atoms with E-state index in [-0.39, 0.29) is 11.8 Å². The topological polar surface area (TPSA) is 60.5 Å². The van der Waals surface area contributed by atoms with Crippen LogP contribution in [0.5, 0.6) is 11.5 Å². The Morgan fingerprint density at radius 1 is 1.19 bits per heavy atom. The van der Waals surface area contributed by atoms with Crippen molar-refractivity contribution in [2.75, 3.05) is 18.5 Å². The largest absolute Gasteiger partial charge is 0.486 e. The number of rotatable bonds is 1. The van der Waals surface area contributed by atoms with E-state index in [0.29, 0.717) is 25.4 Å². The second-order valence-electron chi connectivity index (χ2n) is 5.17. The van der Waals surface area contributed by atoms with Crippen LogP contribution in [0.1, 0.15) is 23.5 Å². The number of nitrogens with zero attached hydrogens (tertiary/aromatic N) is 1. The molecule has 0 radical (unpaired) electrons. The van der Waals surface area contributed by atoms with Crippen molar-refractivity contribution < 1.29 is 14.3 Å². The number of pyridine rings is 1. The Balaban J connectivity index is 1.84. The number of ether oxygens (including phenoxy) is 2. The molecular weight excluding hydrogens is 268 g/mol. The van der Waals surface area contributed by atoms with E-state index in [9.17, 15) is 4.79 Å². The van der Waals surface area contributed by atoms with E-state index in [2.05, 4.69) is 10.3 Å². The standard InChI is InChI=1S/C16H14N2O3/c19-16-7-11(10-2-1-3-17-9-10)12-6-14-15(8-13(12)18-16)21-5-4-20-14/h1-3,6,8-9,11H,4-5,7H2,(H,18,19)/t11-/m0/s1. The molecule has 4 rings (SSSR count). The van der Waals surface area contributed by atoms with Gasteiger partial charge in [-0.1, -0.05) is 6.07 Å². The van der Waals surface area contributed by atoms with Crippen LogP contribution in [0.25, 0.3) is 0 Å². The number of hydrogen-bond donors (Lipinski definition) is 1. The van der Waals surface area contributed by atoms with Gasteiger partial charge in [-0.05, 0) is 23.3 Å². The maximum absolute atomic E-state index is 12.0. The van der Waals surface area contributed by atoms with Crippen molar-refractivity contribution in [3.8, 4) is 11.5 Å². The Morgan fingerprint density at radius 3 is 2.76 bits per heavy atom. The lowest BCUT2D eigenvalue weighted by Crippen LogP contribution is -2.24. The van der Waals surface area contributed by atoms with Gasteiger partial charge in [0, 0.05) is 36.5 Å². The van der Waals surface area contributed by atoms with Crippen LogP contribution in [0.4, 0.5) is 5.69 Å². The van der Waals surface area contributed by atoms with Gasteiger partial charge in [-0.15, -0.1) is 0 Å². The lowest BCUT2D eigenvalue weighted by atomic mass is 9.85. The van der Waals surface area contributed by atoms with Gasteiger partial charge in [0.05, 0.1) is 0 Å². The van der Waals surface area contributed by atoms with E-state index in [4.69, 9.17) is 9.47 Å². The van der Waals surface area contributed by atoms with Gasteiger partial charge >= 0.3 is 0 Å². The Labute approximate surface area is 121 Å². The summed E-state index contributed by atoms with van der Waals surface area (Å²) in [4.78, 5) is 16.1. The fourth-order valence-corrected chi connectivity index (χ4v) is 2.88. The number of amides is 1. The highest BCUT2D eigenvalue weighted by Crippen LogP contribution is 2.43. The molecule has 1 aromatic carbocycles. The smallest absolute Gasteiger partial charge is 0.225 e. The molecule has 5 nitrogen and oxygen atoms in total. The maximum Gasteiger partial charge on any atom is 0.225 e. The number of benzene rings is 1. The summed E-state index contributed by atoms with van der Waals surface area (Å²) in [6.45, 7) is 1.08. The minimum absolute atomic E-state index is 0.00160. The van der Waals surface area contributed by atoms with E-state index in [1.54, 1.807) is 6.20 Å². The zero-order valence-electron chi connectivity index (χ0n) is 11.3. The molecule has 0 bridgehead atoms. The third kappa shape index (κ3) is 2.11. The van der Waals surface area contributed by atoms with Gasteiger partial charge in [0.15, 0.2) is 11.5 Å². The SMILES string of the molecule is O=C1C[C@@H](c2cccnc2)c2cc3c(cc2N1)OCCO3. The number of nitrogens with one attached hydrogen (secondary N) is 1. The quantitative estimate of drug-likeness (QED) is 0.872. The molecule has 2 aliphatic heterocycles. The fourth-order valence-electron chi connectivity index (χ4n) is 2.88. The molecule has 1 amide bonds. The van der Waals surface area contributed by atoms with Crippen LogP contribution in [0.15, 0.2) is 36.7 Å². The predicted octanol–water partition coefficient (Wildman–Crippen LogP) is 2.33. The number of fused-ring (bicyclic) bond motifs is 2. The molecule has 0 spiro atoms. The van der Waals surface area contributed by atoms with E-state index in [0.717, 1.165) is 22.6 Å². The highest BCUT2D eigenvalue weighted by Gasteiger charge is 2.29. The minimum Gasteiger partial charge on any atom is -0.486 e. The number of carbonyl (C=O) groups is 1. The lowest BCUT2D eigenvalue weighted by molar-refractivity contribution is -0.116. The average Bonchev–Trinajstić information content (AvgIpc) is 2.53. The fraction of sp³-hybridized carbons (Fsp3) is 0.250. The Bertz CT molecular complexity index is 700. The van der Waals surface area contributed by atoms with Crippen molar-refractivity contribution in [2.45, 2.75) is 12.3 Å². The van der Waals surface area contributed by atoms with Crippen LogP contribution in [0.2, 0.25) is 0 Å². The van der Waals surface area contributed by atoms with E-state index >= 15 is 0 Å². The Hall–Kier alpha value is -2.56. The summed E-state index contributed by atoms with van der Waals surface area (Å²) in [5, 5.41) is 2.91. The average molecular weight is 282 g/mol. The molecule has 3 heterocycles. The monoisotopic (exact) mass is 282 g/mol. The summed E-state index contributed by atoms with van der Waals surface area (Å²) in [7, 11) is 0. The molecule has 1 aromatic heterocycles. The third-order valence-corrected chi connectivity index (χ3v) is 3.84. The van der Waals surface area contributed by atoms with Crippen LogP contribution in [-0.4, -0.2) is 24.1 Å². The molecule has 1 N–H and O–H groups in total. The van der Waals surface area contributed by atoms with Gasteiger partial charge < -0.3 is 14.8 Å². The third-order valence-electron chi connectivity index (χ3n) is 3.84. The zero-order chi connectivity index (χ0) is 14.2. The number of carbonyl (C=O) groups excluding carboxylic acids is 1. The van der Waals surface area contributed by atoms with Crippen molar-refractivity contribution in [3.05, 3.63) is 47.8 Å². The van der Waals surface area contributed by atoms with E-state index in [1.807, 2.05) is 30.5 Å². The zero-order valence-corrected chi connectivity index (χ0v) is 11.3. The molecule has 0 aliphatic carbocycles. The second-order valence-corrected chi connectivity index (χ2v) is 5.17. The highest BCUT2D eigenvalue weighted by atomic mass is 16.6. The number of aromatic nitrogens is 1. The van der Waals surface area contributed by atoms with Crippen LogP contribution in [0.3, 0.4) is 0 Å². The molecule has 0 saturated carbocycles. The first-order chi connectivity index (χ1) is 10.3. The van der Waals surface area contributed by atoms with Gasteiger partial charge in [0.2, 0.25) is 5.91 Å². The second kappa shape index (κ2) is 4.77. The molecule has 0 fully saturated rings. The molecule has 21 heavy (non-hydrogen) atoms. The Kier molecular flexibility index (Phi) is 2.77. The van der Waals surface area contributed by atoms with Gasteiger partial charge in [-0.2, -0.15) is 0 Å². The normalized spacial score (nSPS) is 19.6. The van der Waals surface area contributed by atoms with Gasteiger partial charge in [-0.3, -0.25) is 9.78 Å². The summed E-state index contributed by atoms with van der Waals surface area (Å²) in [6, 6.07) is 7.71. The first-order valence-electron chi connectivity index (χ1n) is 6.94. The lowest BCUT2D eigenvalue weighted by Gasteiger charge is -2.28. The van der Waals surface area contributed by atoms with Crippen LogP contribution >= 0.6 is 0 Å². The van der Waals surface area contributed by atoms with Crippen molar-refractivity contribution in [1.82, 2.24) is 4.98 Å². The molecule has 1 atom stereocenters. The predicted molar refractivity (Wildman–Crippen MR) is 76.8 cm³/mol. The first-order valence-corrected chi connectivity index (χ1v) is 6.94. The summed E-state index contributed by atoms with van der Waals surface area (Å²) in [6.07, 6.45) is 3.96. The summed E-state index contributed by atoms with van der Waals surface area (Å²) in [5.41, 5.74) is 2.88. The van der Waals surface area contributed by atoms with Crippen molar-refractivity contribution in [1.29, 1.82) is 0 Å².